The molecule has 0 saturated heterocycles. The molecular formula is C20H17NO2S. The van der Waals surface area contributed by atoms with Gasteiger partial charge in [0.05, 0.1) is 18.4 Å². The summed E-state index contributed by atoms with van der Waals surface area (Å²) in [5.74, 6) is -0.326. The van der Waals surface area contributed by atoms with Crippen LogP contribution in [0.1, 0.15) is 26.5 Å². The van der Waals surface area contributed by atoms with E-state index < -0.39 is 0 Å². The Hall–Kier alpha value is -2.72. The Morgan fingerprint density at radius 2 is 1.75 bits per heavy atom. The van der Waals surface area contributed by atoms with Gasteiger partial charge >= 0.3 is 5.97 Å². The van der Waals surface area contributed by atoms with Gasteiger partial charge in [0.15, 0.2) is 0 Å². The summed E-state index contributed by atoms with van der Waals surface area (Å²) in [5, 5.41) is 3.01. The highest BCUT2D eigenvalue weighted by molar-refractivity contribution is 7.10. The van der Waals surface area contributed by atoms with Gasteiger partial charge in [-0.25, -0.2) is 9.78 Å². The summed E-state index contributed by atoms with van der Waals surface area (Å²) in [6.45, 7) is 2.07. The minimum Gasteiger partial charge on any atom is -0.465 e. The second kappa shape index (κ2) is 7.23. The number of aromatic nitrogens is 1. The van der Waals surface area contributed by atoms with Gasteiger partial charge in [0, 0.05) is 10.9 Å². The topological polar surface area (TPSA) is 39.2 Å². The van der Waals surface area contributed by atoms with E-state index in [1.54, 1.807) is 23.5 Å². The molecule has 0 fully saturated rings. The van der Waals surface area contributed by atoms with E-state index >= 15 is 0 Å². The molecule has 0 amide bonds. The van der Waals surface area contributed by atoms with Crippen LogP contribution in [0.5, 0.6) is 0 Å². The lowest BCUT2D eigenvalue weighted by atomic mass is 10.1. The van der Waals surface area contributed by atoms with Crippen molar-refractivity contribution in [1.29, 1.82) is 0 Å². The number of esters is 1. The Morgan fingerprint density at radius 3 is 2.42 bits per heavy atom. The average Bonchev–Trinajstić information content (AvgIpc) is 3.09. The van der Waals surface area contributed by atoms with Gasteiger partial charge in [0.25, 0.3) is 0 Å². The Balaban J connectivity index is 1.73. The minimum absolute atomic E-state index is 0.326. The summed E-state index contributed by atoms with van der Waals surface area (Å²) in [5.41, 5.74) is 4.91. The van der Waals surface area contributed by atoms with Crippen LogP contribution in [-0.4, -0.2) is 18.1 Å². The number of hydrogen-bond donors (Lipinski definition) is 0. The van der Waals surface area contributed by atoms with Crippen molar-refractivity contribution in [3.8, 4) is 11.3 Å². The van der Waals surface area contributed by atoms with Crippen molar-refractivity contribution in [3.05, 3.63) is 75.6 Å². The quantitative estimate of drug-likeness (QED) is 0.624. The maximum atomic E-state index is 11.4. The fourth-order valence-corrected chi connectivity index (χ4v) is 2.96. The monoisotopic (exact) mass is 335 g/mol. The molecule has 120 valence electrons. The van der Waals surface area contributed by atoms with Gasteiger partial charge in [-0.3, -0.25) is 0 Å². The molecule has 0 N–H and O–H groups in total. The number of benzene rings is 2. The van der Waals surface area contributed by atoms with E-state index in [4.69, 9.17) is 4.74 Å². The van der Waals surface area contributed by atoms with Crippen LogP contribution in [0.15, 0.2) is 53.9 Å². The fourth-order valence-electron chi connectivity index (χ4n) is 2.24. The van der Waals surface area contributed by atoms with Crippen molar-refractivity contribution < 1.29 is 9.53 Å². The zero-order valence-electron chi connectivity index (χ0n) is 13.5. The predicted octanol–water partition coefficient (Wildman–Crippen LogP) is 5.08. The van der Waals surface area contributed by atoms with E-state index in [1.165, 1.54) is 12.7 Å². The molecule has 0 saturated carbocycles. The third-order valence-electron chi connectivity index (χ3n) is 3.62. The summed E-state index contributed by atoms with van der Waals surface area (Å²) in [6, 6.07) is 15.6. The van der Waals surface area contributed by atoms with Gasteiger partial charge in [-0.15, -0.1) is 11.3 Å². The van der Waals surface area contributed by atoms with Crippen LogP contribution in [0.25, 0.3) is 23.4 Å². The van der Waals surface area contributed by atoms with Crippen molar-refractivity contribution in [3.63, 3.8) is 0 Å². The minimum atomic E-state index is -0.326. The number of carbonyl (C=O) groups is 1. The van der Waals surface area contributed by atoms with E-state index in [-0.39, 0.29) is 5.97 Å². The number of methoxy groups -OCH3 is 1. The standard InChI is InChI=1S/C20H17NO2S/c1-14-3-8-16(9-4-14)18-13-24-19(21-18)12-7-15-5-10-17(11-6-15)20(22)23-2/h3-13H,1-2H3/b12-7+. The van der Waals surface area contributed by atoms with Crippen LogP contribution in [-0.2, 0) is 4.74 Å². The van der Waals surface area contributed by atoms with E-state index in [9.17, 15) is 4.79 Å². The van der Waals surface area contributed by atoms with Crippen molar-refractivity contribution >= 4 is 29.5 Å². The number of ether oxygens (including phenoxy) is 1. The van der Waals surface area contributed by atoms with E-state index in [0.29, 0.717) is 5.56 Å². The highest BCUT2D eigenvalue weighted by Gasteiger charge is 2.04. The second-order valence-electron chi connectivity index (χ2n) is 5.38. The molecule has 0 unspecified atom stereocenters. The number of aryl methyl sites for hydroxylation is 1. The van der Waals surface area contributed by atoms with Gasteiger partial charge in [0.2, 0.25) is 0 Å². The summed E-state index contributed by atoms with van der Waals surface area (Å²) >= 11 is 1.61. The van der Waals surface area contributed by atoms with Crippen LogP contribution in [0.2, 0.25) is 0 Å². The van der Waals surface area contributed by atoms with E-state index in [1.807, 2.05) is 24.3 Å². The zero-order valence-corrected chi connectivity index (χ0v) is 14.3. The summed E-state index contributed by atoms with van der Waals surface area (Å²) in [6.07, 6.45) is 3.97. The normalized spacial score (nSPS) is 10.9. The summed E-state index contributed by atoms with van der Waals surface area (Å²) in [4.78, 5) is 16.1. The van der Waals surface area contributed by atoms with Crippen LogP contribution < -0.4 is 0 Å². The molecule has 1 heterocycles. The molecule has 3 aromatic rings. The number of thiazole rings is 1. The number of rotatable bonds is 4. The lowest BCUT2D eigenvalue weighted by molar-refractivity contribution is 0.0600. The van der Waals surface area contributed by atoms with Gasteiger partial charge < -0.3 is 4.74 Å². The Morgan fingerprint density at radius 1 is 1.04 bits per heavy atom. The highest BCUT2D eigenvalue weighted by Crippen LogP contribution is 2.23. The lowest BCUT2D eigenvalue weighted by Crippen LogP contribution is -2.00. The first-order chi connectivity index (χ1) is 11.7. The second-order valence-corrected chi connectivity index (χ2v) is 6.27. The molecule has 0 aliphatic heterocycles. The average molecular weight is 335 g/mol. The fraction of sp³-hybridized carbons (Fsp3) is 0.100. The largest absolute Gasteiger partial charge is 0.465 e. The van der Waals surface area contributed by atoms with Crippen molar-refractivity contribution in [2.24, 2.45) is 0 Å². The molecule has 0 atom stereocenters. The first-order valence-corrected chi connectivity index (χ1v) is 8.43. The summed E-state index contributed by atoms with van der Waals surface area (Å²) < 4.78 is 4.69. The van der Waals surface area contributed by atoms with E-state index in [0.717, 1.165) is 21.8 Å². The molecule has 0 aliphatic rings. The maximum absolute atomic E-state index is 11.4. The SMILES string of the molecule is COC(=O)c1ccc(/C=C/c2nc(-c3ccc(C)cc3)cs2)cc1. The maximum Gasteiger partial charge on any atom is 0.337 e. The lowest BCUT2D eigenvalue weighted by Gasteiger charge is -1.99. The Labute approximate surface area is 145 Å². The smallest absolute Gasteiger partial charge is 0.337 e. The van der Waals surface area contributed by atoms with Crippen LogP contribution in [0.4, 0.5) is 0 Å². The molecule has 1 aromatic heterocycles. The van der Waals surface area contributed by atoms with E-state index in [2.05, 4.69) is 41.6 Å². The third-order valence-corrected chi connectivity index (χ3v) is 4.43. The Bertz CT molecular complexity index is 861. The molecule has 24 heavy (non-hydrogen) atoms. The third kappa shape index (κ3) is 3.78. The molecule has 3 nitrogen and oxygen atoms in total. The molecule has 4 heteroatoms. The first kappa shape index (κ1) is 16.1. The van der Waals surface area contributed by atoms with Gasteiger partial charge in [-0.2, -0.15) is 0 Å². The van der Waals surface area contributed by atoms with Crippen molar-refractivity contribution in [2.45, 2.75) is 6.92 Å². The Kier molecular flexibility index (Phi) is 4.87. The van der Waals surface area contributed by atoms with Gasteiger partial charge in [-0.05, 0) is 30.7 Å². The molecular weight excluding hydrogens is 318 g/mol. The molecule has 0 radical (unpaired) electrons. The van der Waals surface area contributed by atoms with Crippen LogP contribution in [0.3, 0.4) is 0 Å². The van der Waals surface area contributed by atoms with Crippen LogP contribution in [0, 0.1) is 6.92 Å². The number of hydrogen-bond acceptors (Lipinski definition) is 4. The first-order valence-electron chi connectivity index (χ1n) is 7.55. The zero-order chi connectivity index (χ0) is 16.9. The van der Waals surface area contributed by atoms with Crippen LogP contribution >= 0.6 is 11.3 Å². The number of nitrogens with zero attached hydrogens (tertiary/aromatic N) is 1. The molecule has 0 aliphatic carbocycles. The molecule has 2 aromatic carbocycles. The van der Waals surface area contributed by atoms with Gasteiger partial charge in [0.1, 0.15) is 5.01 Å². The molecule has 0 bridgehead atoms. The predicted molar refractivity (Wildman–Crippen MR) is 99.0 cm³/mol. The van der Waals surface area contributed by atoms with Crippen molar-refractivity contribution in [2.75, 3.05) is 7.11 Å². The molecule has 0 spiro atoms. The van der Waals surface area contributed by atoms with Gasteiger partial charge in [-0.1, -0.05) is 48.0 Å². The van der Waals surface area contributed by atoms with Crippen molar-refractivity contribution in [1.82, 2.24) is 4.98 Å². The highest BCUT2D eigenvalue weighted by atomic mass is 32.1. The summed E-state index contributed by atoms with van der Waals surface area (Å²) in [7, 11) is 1.38. The number of carbonyl (C=O) groups excluding carboxylic acids is 1. The molecule has 3 rings (SSSR count).